The van der Waals surface area contributed by atoms with Crippen molar-refractivity contribution in [1.29, 1.82) is 5.26 Å². The minimum absolute atomic E-state index is 0.00405. The molecular weight excluding hydrogens is 247 g/mol. The lowest BCUT2D eigenvalue weighted by molar-refractivity contribution is 0.0110. The molecule has 0 unspecified atom stereocenters. The summed E-state index contributed by atoms with van der Waals surface area (Å²) in [4.78, 5) is 0. The van der Waals surface area contributed by atoms with Crippen LogP contribution in [0.2, 0.25) is 0 Å². The second-order valence-corrected chi connectivity index (χ2v) is 4.79. The molecule has 0 saturated carbocycles. The van der Waals surface area contributed by atoms with Gasteiger partial charge in [0.15, 0.2) is 0 Å². The van der Waals surface area contributed by atoms with E-state index in [1.165, 1.54) is 6.07 Å². The Bertz CT molecular complexity index is 479. The molecule has 0 spiro atoms. The number of hydrogen-bond acceptors (Lipinski definition) is 4. The molecule has 0 bridgehead atoms. The molecule has 1 aromatic rings. The van der Waals surface area contributed by atoms with E-state index in [0.29, 0.717) is 38.2 Å². The third kappa shape index (κ3) is 3.10. The molecular formula is C14H17FN2O2. The van der Waals surface area contributed by atoms with Gasteiger partial charge in [-0.15, -0.1) is 0 Å². The number of hydrogen-bond donors (Lipinski definition) is 2. The quantitative estimate of drug-likeness (QED) is 0.861. The molecule has 5 heteroatoms. The Morgan fingerprint density at radius 2 is 2.16 bits per heavy atom. The molecule has 4 nitrogen and oxygen atoms in total. The Hall–Kier alpha value is -1.48. The van der Waals surface area contributed by atoms with Gasteiger partial charge in [0.25, 0.3) is 0 Å². The zero-order valence-corrected chi connectivity index (χ0v) is 10.7. The van der Waals surface area contributed by atoms with E-state index >= 15 is 0 Å². The van der Waals surface area contributed by atoms with E-state index in [1.54, 1.807) is 12.1 Å². The number of nitrogens with zero attached hydrogens (tertiary/aromatic N) is 1. The van der Waals surface area contributed by atoms with Crippen LogP contribution < -0.4 is 5.32 Å². The summed E-state index contributed by atoms with van der Waals surface area (Å²) in [5.41, 5.74) is 0.0792. The third-order valence-electron chi connectivity index (χ3n) is 3.61. The number of aliphatic hydroxyl groups excluding tert-OH is 1. The van der Waals surface area contributed by atoms with Gasteiger partial charge >= 0.3 is 0 Å². The molecule has 2 N–H and O–H groups in total. The van der Waals surface area contributed by atoms with Crippen molar-refractivity contribution >= 4 is 0 Å². The molecule has 2 rings (SSSR count). The van der Waals surface area contributed by atoms with Crippen LogP contribution in [0.25, 0.3) is 0 Å². The SMILES string of the molecule is N#Cc1cccc(CNC2(CO)CCOCC2)c1F. The predicted molar refractivity (Wildman–Crippen MR) is 67.8 cm³/mol. The maximum Gasteiger partial charge on any atom is 0.145 e. The molecule has 1 heterocycles. The Morgan fingerprint density at radius 1 is 1.42 bits per heavy atom. The van der Waals surface area contributed by atoms with Gasteiger partial charge in [-0.2, -0.15) is 5.26 Å². The standard InChI is InChI=1S/C14H17FN2O2/c15-13-11(8-16)2-1-3-12(13)9-17-14(10-18)4-6-19-7-5-14/h1-3,17-18H,4-7,9-10H2. The molecule has 0 atom stereocenters. The average Bonchev–Trinajstić information content (AvgIpc) is 2.47. The van der Waals surface area contributed by atoms with Crippen LogP contribution in [0.4, 0.5) is 4.39 Å². The van der Waals surface area contributed by atoms with Crippen LogP contribution in [0.3, 0.4) is 0 Å². The Kier molecular flexibility index (Phi) is 4.48. The van der Waals surface area contributed by atoms with Crippen molar-refractivity contribution in [2.24, 2.45) is 0 Å². The van der Waals surface area contributed by atoms with Crippen molar-refractivity contribution in [2.75, 3.05) is 19.8 Å². The Morgan fingerprint density at radius 3 is 2.79 bits per heavy atom. The molecule has 0 aromatic heterocycles. The number of nitriles is 1. The molecule has 19 heavy (non-hydrogen) atoms. The topological polar surface area (TPSA) is 65.3 Å². The van der Waals surface area contributed by atoms with Crippen LogP contribution in [0.5, 0.6) is 0 Å². The lowest BCUT2D eigenvalue weighted by atomic mass is 9.90. The number of rotatable bonds is 4. The third-order valence-corrected chi connectivity index (χ3v) is 3.61. The fraction of sp³-hybridized carbons (Fsp3) is 0.500. The lowest BCUT2D eigenvalue weighted by Crippen LogP contribution is -2.51. The van der Waals surface area contributed by atoms with Crippen molar-refractivity contribution in [1.82, 2.24) is 5.32 Å². The van der Waals surface area contributed by atoms with Gasteiger partial charge in [0.2, 0.25) is 0 Å². The maximum absolute atomic E-state index is 13.9. The van der Waals surface area contributed by atoms with Crippen molar-refractivity contribution in [3.63, 3.8) is 0 Å². The van der Waals surface area contributed by atoms with Gasteiger partial charge in [-0.05, 0) is 18.9 Å². The predicted octanol–water partition coefficient (Wildman–Crippen LogP) is 1.33. The highest BCUT2D eigenvalue weighted by molar-refractivity contribution is 5.34. The van der Waals surface area contributed by atoms with Crippen LogP contribution in [-0.2, 0) is 11.3 Å². The fourth-order valence-electron chi connectivity index (χ4n) is 2.24. The van der Waals surface area contributed by atoms with Crippen molar-refractivity contribution in [3.05, 3.63) is 35.1 Å². The number of halogens is 1. The van der Waals surface area contributed by atoms with Gasteiger partial charge in [0, 0.05) is 30.9 Å². The smallest absolute Gasteiger partial charge is 0.145 e. The Balaban J connectivity index is 2.07. The number of aliphatic hydroxyl groups is 1. The van der Waals surface area contributed by atoms with E-state index in [-0.39, 0.29) is 12.2 Å². The summed E-state index contributed by atoms with van der Waals surface area (Å²) in [5.74, 6) is -0.488. The van der Waals surface area contributed by atoms with E-state index < -0.39 is 11.4 Å². The van der Waals surface area contributed by atoms with Crippen LogP contribution >= 0.6 is 0 Å². The zero-order chi connectivity index (χ0) is 13.7. The fourth-order valence-corrected chi connectivity index (χ4v) is 2.24. The highest BCUT2D eigenvalue weighted by Crippen LogP contribution is 2.21. The Labute approximate surface area is 111 Å². The lowest BCUT2D eigenvalue weighted by Gasteiger charge is -2.36. The first-order valence-electron chi connectivity index (χ1n) is 6.32. The molecule has 0 amide bonds. The van der Waals surface area contributed by atoms with Crippen molar-refractivity contribution in [3.8, 4) is 6.07 Å². The van der Waals surface area contributed by atoms with E-state index in [4.69, 9.17) is 10.00 Å². The first-order valence-corrected chi connectivity index (χ1v) is 6.32. The zero-order valence-electron chi connectivity index (χ0n) is 10.7. The molecule has 1 fully saturated rings. The minimum Gasteiger partial charge on any atom is -0.394 e. The number of benzene rings is 1. The molecule has 102 valence electrons. The van der Waals surface area contributed by atoms with Gasteiger partial charge in [-0.3, -0.25) is 0 Å². The van der Waals surface area contributed by atoms with Gasteiger partial charge in [0.1, 0.15) is 11.9 Å². The summed E-state index contributed by atoms with van der Waals surface area (Å²) >= 11 is 0. The van der Waals surface area contributed by atoms with E-state index in [0.717, 1.165) is 0 Å². The highest BCUT2D eigenvalue weighted by Gasteiger charge is 2.31. The second-order valence-electron chi connectivity index (χ2n) is 4.79. The number of ether oxygens (including phenoxy) is 1. The van der Waals surface area contributed by atoms with E-state index in [9.17, 15) is 9.50 Å². The summed E-state index contributed by atoms with van der Waals surface area (Å²) in [7, 11) is 0. The molecule has 1 aromatic carbocycles. The second kappa shape index (κ2) is 6.11. The summed E-state index contributed by atoms with van der Waals surface area (Å²) in [6.07, 6.45) is 1.39. The van der Waals surface area contributed by atoms with Gasteiger partial charge in [-0.25, -0.2) is 4.39 Å². The largest absolute Gasteiger partial charge is 0.394 e. The van der Waals surface area contributed by atoms with Crippen LogP contribution in [0, 0.1) is 17.1 Å². The molecule has 0 aliphatic carbocycles. The first-order chi connectivity index (χ1) is 9.21. The van der Waals surface area contributed by atoms with Crippen molar-refractivity contribution < 1.29 is 14.2 Å². The van der Waals surface area contributed by atoms with Gasteiger partial charge < -0.3 is 15.2 Å². The van der Waals surface area contributed by atoms with Crippen LogP contribution in [0.15, 0.2) is 18.2 Å². The van der Waals surface area contributed by atoms with Crippen LogP contribution in [-0.4, -0.2) is 30.5 Å². The number of nitrogens with one attached hydrogen (secondary N) is 1. The maximum atomic E-state index is 13.9. The monoisotopic (exact) mass is 264 g/mol. The summed E-state index contributed by atoms with van der Waals surface area (Å²) in [6.45, 7) is 1.47. The van der Waals surface area contributed by atoms with Crippen molar-refractivity contribution in [2.45, 2.75) is 24.9 Å². The van der Waals surface area contributed by atoms with Crippen LogP contribution in [0.1, 0.15) is 24.0 Å². The highest BCUT2D eigenvalue weighted by atomic mass is 19.1. The molecule has 1 aliphatic rings. The van der Waals surface area contributed by atoms with Gasteiger partial charge in [-0.1, -0.05) is 12.1 Å². The summed E-state index contributed by atoms with van der Waals surface area (Å²) in [5, 5.41) is 21.5. The normalized spacial score (nSPS) is 17.9. The molecule has 0 radical (unpaired) electrons. The first kappa shape index (κ1) is 13.9. The average molecular weight is 264 g/mol. The summed E-state index contributed by atoms with van der Waals surface area (Å²) < 4.78 is 19.2. The summed E-state index contributed by atoms with van der Waals surface area (Å²) in [6, 6.07) is 6.59. The van der Waals surface area contributed by atoms with E-state index in [1.807, 2.05) is 6.07 Å². The van der Waals surface area contributed by atoms with E-state index in [2.05, 4.69) is 5.32 Å². The minimum atomic E-state index is -0.488. The van der Waals surface area contributed by atoms with Gasteiger partial charge in [0.05, 0.1) is 12.2 Å². The molecule has 1 saturated heterocycles. The molecule has 1 aliphatic heterocycles.